The summed E-state index contributed by atoms with van der Waals surface area (Å²) in [5.41, 5.74) is 0. The number of rotatable bonds is 0. The van der Waals surface area contributed by atoms with E-state index in [0.717, 1.165) is 19.4 Å². The van der Waals surface area contributed by atoms with E-state index >= 15 is 0 Å². The van der Waals surface area contributed by atoms with Crippen LogP contribution in [0.2, 0.25) is 0 Å². The fourth-order valence-electron chi connectivity index (χ4n) is 1.26. The first-order chi connectivity index (χ1) is 5.24. The molecule has 0 bridgehead atoms. The number of hydrogen-bond donors (Lipinski definition) is 0. The van der Waals surface area contributed by atoms with Crippen molar-refractivity contribution in [1.82, 2.24) is 4.90 Å². The molecule has 11 heavy (non-hydrogen) atoms. The Balaban J connectivity index is 2.57. The molecule has 0 aromatic rings. The van der Waals surface area contributed by atoms with Crippen LogP contribution in [0.15, 0.2) is 0 Å². The Kier molecular flexibility index (Phi) is 2.48. The molecule has 1 fully saturated rings. The second-order valence-corrected chi connectivity index (χ2v) is 2.94. The molecule has 1 saturated heterocycles. The largest absolute Gasteiger partial charge is 0.345 e. The third kappa shape index (κ3) is 1.94. The van der Waals surface area contributed by atoms with Gasteiger partial charge in [0.25, 0.3) is 0 Å². The summed E-state index contributed by atoms with van der Waals surface area (Å²) < 4.78 is 0. The molecule has 0 N–H and O–H groups in total. The van der Waals surface area contributed by atoms with Crippen molar-refractivity contribution in [1.29, 1.82) is 0 Å². The highest BCUT2D eigenvalue weighted by Crippen LogP contribution is 2.13. The molecule has 60 valence electrons. The van der Waals surface area contributed by atoms with Gasteiger partial charge < -0.3 is 9.74 Å². The van der Waals surface area contributed by atoms with Crippen LogP contribution >= 0.6 is 0 Å². The van der Waals surface area contributed by atoms with Gasteiger partial charge in [-0.1, -0.05) is 0 Å². The number of amides is 1. The van der Waals surface area contributed by atoms with E-state index in [-0.39, 0.29) is 11.9 Å². The smallest absolute Gasteiger partial charge is 0.232 e. The topological polar surface area (TPSA) is 24.7 Å². The summed E-state index contributed by atoms with van der Waals surface area (Å²) >= 11 is 0. The summed E-state index contributed by atoms with van der Waals surface area (Å²) in [7, 11) is 1.80. The molecule has 1 heterocycles. The van der Waals surface area contributed by atoms with Crippen molar-refractivity contribution >= 4 is 5.91 Å². The van der Waals surface area contributed by atoms with E-state index in [2.05, 4.69) is 4.85 Å². The fraction of sp³-hybridized carbons (Fsp3) is 0.750. The third-order valence-corrected chi connectivity index (χ3v) is 2.05. The molecule has 0 saturated carbocycles. The Morgan fingerprint density at radius 2 is 2.45 bits per heavy atom. The van der Waals surface area contributed by atoms with Gasteiger partial charge in [-0.3, -0.25) is 4.79 Å². The molecule has 1 rings (SSSR count). The highest BCUT2D eigenvalue weighted by Gasteiger charge is 2.23. The lowest BCUT2D eigenvalue weighted by Crippen LogP contribution is -2.26. The Morgan fingerprint density at radius 3 is 3.09 bits per heavy atom. The molecule has 3 nitrogen and oxygen atoms in total. The maximum atomic E-state index is 11.2. The second kappa shape index (κ2) is 3.38. The van der Waals surface area contributed by atoms with Gasteiger partial charge in [-0.25, -0.2) is 6.57 Å². The van der Waals surface area contributed by atoms with Crippen molar-refractivity contribution in [3.8, 4) is 0 Å². The van der Waals surface area contributed by atoms with E-state index in [9.17, 15) is 4.79 Å². The fourth-order valence-corrected chi connectivity index (χ4v) is 1.26. The first-order valence-corrected chi connectivity index (χ1v) is 3.84. The molecule has 0 aromatic carbocycles. The zero-order valence-electron chi connectivity index (χ0n) is 6.71. The molecule has 1 aliphatic heterocycles. The lowest BCUT2D eigenvalue weighted by molar-refractivity contribution is -0.129. The molecule has 1 atom stereocenters. The van der Waals surface area contributed by atoms with Crippen LogP contribution in [0.4, 0.5) is 0 Å². The van der Waals surface area contributed by atoms with Crippen molar-refractivity contribution in [2.45, 2.75) is 25.3 Å². The van der Waals surface area contributed by atoms with Crippen LogP contribution in [0, 0.1) is 6.57 Å². The lowest BCUT2D eigenvalue weighted by atomic mass is 10.1. The Hall–Kier alpha value is -1.04. The minimum absolute atomic E-state index is 0.0625. The van der Waals surface area contributed by atoms with E-state index in [0.29, 0.717) is 6.42 Å². The van der Waals surface area contributed by atoms with E-state index in [1.54, 1.807) is 11.9 Å². The van der Waals surface area contributed by atoms with Crippen LogP contribution in [-0.2, 0) is 4.79 Å². The van der Waals surface area contributed by atoms with Crippen LogP contribution in [0.3, 0.4) is 0 Å². The van der Waals surface area contributed by atoms with Crippen LogP contribution in [0.1, 0.15) is 19.3 Å². The van der Waals surface area contributed by atoms with Gasteiger partial charge in [-0.15, -0.1) is 0 Å². The number of carbonyl (C=O) groups is 1. The Bertz CT molecular complexity index is 195. The standard InChI is InChI=1S/C8H12N2O/c1-9-7-4-3-5-10(2)8(11)6-7/h7H,3-6H2,2H3. The molecular formula is C8H12N2O. The highest BCUT2D eigenvalue weighted by molar-refractivity contribution is 5.77. The second-order valence-electron chi connectivity index (χ2n) is 2.94. The predicted molar refractivity (Wildman–Crippen MR) is 41.9 cm³/mol. The van der Waals surface area contributed by atoms with Gasteiger partial charge in [0.1, 0.15) is 6.42 Å². The zero-order chi connectivity index (χ0) is 8.27. The summed E-state index contributed by atoms with van der Waals surface area (Å²) in [5, 5.41) is 0. The average Bonchev–Trinajstić information content (AvgIpc) is 2.15. The van der Waals surface area contributed by atoms with E-state index < -0.39 is 0 Å². The van der Waals surface area contributed by atoms with Gasteiger partial charge in [-0.05, 0) is 6.42 Å². The normalized spacial score (nSPS) is 26.0. The van der Waals surface area contributed by atoms with E-state index in [1.165, 1.54) is 0 Å². The van der Waals surface area contributed by atoms with Crippen LogP contribution < -0.4 is 0 Å². The van der Waals surface area contributed by atoms with Crippen molar-refractivity contribution in [2.75, 3.05) is 13.6 Å². The zero-order valence-corrected chi connectivity index (χ0v) is 6.71. The van der Waals surface area contributed by atoms with Crippen LogP contribution in [0.5, 0.6) is 0 Å². The van der Waals surface area contributed by atoms with Gasteiger partial charge in [-0.2, -0.15) is 0 Å². The monoisotopic (exact) mass is 152 g/mol. The lowest BCUT2D eigenvalue weighted by Gasteiger charge is -2.11. The first kappa shape index (κ1) is 8.06. The van der Waals surface area contributed by atoms with Crippen LogP contribution in [0.25, 0.3) is 4.85 Å². The number of carbonyl (C=O) groups excluding carboxylic acids is 1. The molecule has 0 aliphatic carbocycles. The Morgan fingerprint density at radius 1 is 1.73 bits per heavy atom. The predicted octanol–water partition coefficient (Wildman–Crippen LogP) is 0.917. The maximum absolute atomic E-state index is 11.2. The van der Waals surface area contributed by atoms with E-state index in [4.69, 9.17) is 6.57 Å². The SMILES string of the molecule is [C-]#[N+]C1CCCN(C)C(=O)C1. The van der Waals surface area contributed by atoms with Gasteiger partial charge in [0.05, 0.1) is 0 Å². The third-order valence-electron chi connectivity index (χ3n) is 2.05. The molecule has 1 aliphatic rings. The molecule has 0 radical (unpaired) electrons. The summed E-state index contributed by atoms with van der Waals surface area (Å²) in [6.07, 6.45) is 2.26. The summed E-state index contributed by atoms with van der Waals surface area (Å²) in [6, 6.07) is -0.0625. The molecular weight excluding hydrogens is 140 g/mol. The molecule has 3 heteroatoms. The van der Waals surface area contributed by atoms with Gasteiger partial charge in [0, 0.05) is 20.0 Å². The minimum atomic E-state index is -0.0625. The highest BCUT2D eigenvalue weighted by atomic mass is 16.2. The number of hydrogen-bond acceptors (Lipinski definition) is 1. The van der Waals surface area contributed by atoms with Crippen LogP contribution in [-0.4, -0.2) is 30.4 Å². The van der Waals surface area contributed by atoms with E-state index in [1.807, 2.05) is 0 Å². The van der Waals surface area contributed by atoms with Crippen molar-refractivity contribution in [2.24, 2.45) is 0 Å². The minimum Gasteiger partial charge on any atom is -0.345 e. The summed E-state index contributed by atoms with van der Waals surface area (Å²) in [4.78, 5) is 16.3. The Labute approximate surface area is 66.8 Å². The first-order valence-electron chi connectivity index (χ1n) is 3.84. The summed E-state index contributed by atoms with van der Waals surface area (Å²) in [6.45, 7) is 7.61. The number of likely N-dealkylation sites (tertiary alicyclic amines) is 1. The van der Waals surface area contributed by atoms with Crippen molar-refractivity contribution in [3.05, 3.63) is 11.4 Å². The molecule has 0 spiro atoms. The van der Waals surface area contributed by atoms with Gasteiger partial charge in [0.2, 0.25) is 11.9 Å². The quantitative estimate of drug-likeness (QED) is 0.474. The summed E-state index contributed by atoms with van der Waals surface area (Å²) in [5.74, 6) is 0.114. The average molecular weight is 152 g/mol. The molecule has 0 aromatic heterocycles. The molecule has 1 unspecified atom stereocenters. The van der Waals surface area contributed by atoms with Gasteiger partial charge in [0.15, 0.2) is 0 Å². The van der Waals surface area contributed by atoms with Crippen molar-refractivity contribution < 1.29 is 4.79 Å². The molecule has 1 amide bonds. The maximum Gasteiger partial charge on any atom is 0.232 e. The number of nitrogens with zero attached hydrogens (tertiary/aromatic N) is 2. The van der Waals surface area contributed by atoms with Crippen molar-refractivity contribution in [3.63, 3.8) is 0 Å². The van der Waals surface area contributed by atoms with Gasteiger partial charge >= 0.3 is 0 Å².